The number of carbonyl (C=O) groups excluding carboxylic acids is 1. The molecule has 0 aliphatic carbocycles. The molecular weight excluding hydrogens is 410 g/mol. The number of aromatic nitrogens is 4. The highest BCUT2D eigenvalue weighted by atomic mass is 32.2. The van der Waals surface area contributed by atoms with Crippen LogP contribution in [0.25, 0.3) is 11.2 Å². The zero-order valence-corrected chi connectivity index (χ0v) is 17.6. The molecule has 0 spiro atoms. The number of imidazole rings is 1. The standard InChI is InChI=1S/C18H27N7O4S/c1-2-19-18(26)13-7-8-14(29-13)25-12-23-15-16(21-11-22-17(15)25)20-9-5-3-4-6-10-24-30(27)28/h7-8,11-14,24H,2-6,9-10H2,1H3,(H,19,26)(H,27,28)(H,20,21,22)/t13-,14+/m0/s1. The average Bonchev–Trinajstić information content (AvgIpc) is 3.37. The smallest absolute Gasteiger partial charge is 0.253 e. The minimum atomic E-state index is -1.94. The van der Waals surface area contributed by atoms with E-state index in [2.05, 4.69) is 30.3 Å². The van der Waals surface area contributed by atoms with Crippen molar-refractivity contribution in [3.63, 3.8) is 0 Å². The molecule has 2 aromatic rings. The van der Waals surface area contributed by atoms with Gasteiger partial charge < -0.3 is 15.4 Å². The first-order valence-electron chi connectivity index (χ1n) is 9.97. The number of carbonyl (C=O) groups is 1. The number of anilines is 1. The summed E-state index contributed by atoms with van der Waals surface area (Å²) in [6, 6.07) is 0. The molecule has 1 unspecified atom stereocenters. The van der Waals surface area contributed by atoms with E-state index in [-0.39, 0.29) is 5.91 Å². The summed E-state index contributed by atoms with van der Waals surface area (Å²) in [4.78, 5) is 25.0. The molecule has 1 amide bonds. The molecule has 164 valence electrons. The summed E-state index contributed by atoms with van der Waals surface area (Å²) in [5, 5.41) is 6.04. The Hall–Kier alpha value is -2.41. The number of fused-ring (bicyclic) bond motifs is 1. The summed E-state index contributed by atoms with van der Waals surface area (Å²) in [6.07, 6.45) is 9.34. The van der Waals surface area contributed by atoms with Gasteiger partial charge >= 0.3 is 0 Å². The maximum absolute atomic E-state index is 12.0. The molecule has 4 N–H and O–H groups in total. The number of rotatable bonds is 12. The van der Waals surface area contributed by atoms with Crippen molar-refractivity contribution in [2.24, 2.45) is 0 Å². The number of ether oxygens (including phenoxy) is 1. The second-order valence-corrected chi connectivity index (χ2v) is 7.54. The van der Waals surface area contributed by atoms with E-state index in [0.29, 0.717) is 30.1 Å². The molecule has 3 heterocycles. The summed E-state index contributed by atoms with van der Waals surface area (Å²) >= 11 is -1.94. The minimum absolute atomic E-state index is 0.168. The lowest BCUT2D eigenvalue weighted by Gasteiger charge is -2.15. The van der Waals surface area contributed by atoms with Gasteiger partial charge in [0.1, 0.15) is 6.33 Å². The van der Waals surface area contributed by atoms with Crippen LogP contribution < -0.4 is 15.4 Å². The Morgan fingerprint density at radius 2 is 2.00 bits per heavy atom. The van der Waals surface area contributed by atoms with Crippen LogP contribution in [-0.4, -0.2) is 59.9 Å². The fraction of sp³-hybridized carbons (Fsp3) is 0.556. The molecule has 0 radical (unpaired) electrons. The highest BCUT2D eigenvalue weighted by Crippen LogP contribution is 2.26. The summed E-state index contributed by atoms with van der Waals surface area (Å²) < 4.78 is 29.2. The van der Waals surface area contributed by atoms with E-state index >= 15 is 0 Å². The summed E-state index contributed by atoms with van der Waals surface area (Å²) in [7, 11) is 0. The Morgan fingerprint density at radius 1 is 1.20 bits per heavy atom. The number of unbranched alkanes of at least 4 members (excludes halogenated alkanes) is 3. The van der Waals surface area contributed by atoms with Gasteiger partial charge in [-0.2, -0.15) is 0 Å². The fourth-order valence-corrected chi connectivity index (χ4v) is 3.48. The molecular formula is C18H27N7O4S. The van der Waals surface area contributed by atoms with Crippen molar-refractivity contribution < 1.29 is 18.3 Å². The first kappa shape index (κ1) is 22.3. The van der Waals surface area contributed by atoms with Crippen LogP contribution in [0, 0.1) is 0 Å². The molecule has 0 saturated heterocycles. The van der Waals surface area contributed by atoms with Crippen molar-refractivity contribution in [3.05, 3.63) is 24.8 Å². The van der Waals surface area contributed by atoms with Crippen LogP contribution in [0.3, 0.4) is 0 Å². The van der Waals surface area contributed by atoms with E-state index in [1.165, 1.54) is 6.33 Å². The third kappa shape index (κ3) is 5.81. The molecule has 0 bridgehead atoms. The molecule has 1 aliphatic heterocycles. The van der Waals surface area contributed by atoms with Crippen molar-refractivity contribution in [2.45, 2.75) is 44.9 Å². The summed E-state index contributed by atoms with van der Waals surface area (Å²) in [5.74, 6) is 0.483. The zero-order valence-electron chi connectivity index (χ0n) is 16.8. The Labute approximate surface area is 177 Å². The van der Waals surface area contributed by atoms with Gasteiger partial charge in [-0.3, -0.25) is 13.9 Å². The molecule has 3 rings (SSSR count). The third-order valence-electron chi connectivity index (χ3n) is 4.60. The largest absolute Gasteiger partial charge is 0.368 e. The van der Waals surface area contributed by atoms with Gasteiger partial charge in [-0.15, -0.1) is 0 Å². The predicted molar refractivity (Wildman–Crippen MR) is 113 cm³/mol. The molecule has 0 fully saturated rings. The lowest BCUT2D eigenvalue weighted by molar-refractivity contribution is -0.132. The van der Waals surface area contributed by atoms with E-state index < -0.39 is 23.6 Å². The van der Waals surface area contributed by atoms with Crippen molar-refractivity contribution in [3.8, 4) is 0 Å². The van der Waals surface area contributed by atoms with Gasteiger partial charge in [0.05, 0.1) is 6.33 Å². The van der Waals surface area contributed by atoms with Crippen LogP contribution in [0.5, 0.6) is 0 Å². The number of likely N-dealkylation sites (N-methyl/N-ethyl adjacent to an activating group) is 1. The molecule has 30 heavy (non-hydrogen) atoms. The average molecular weight is 438 g/mol. The number of nitrogens with one attached hydrogen (secondary N) is 3. The summed E-state index contributed by atoms with van der Waals surface area (Å²) in [5.41, 5.74) is 1.27. The van der Waals surface area contributed by atoms with Crippen LogP contribution in [0.4, 0.5) is 5.82 Å². The van der Waals surface area contributed by atoms with Crippen LogP contribution in [0.1, 0.15) is 38.8 Å². The normalized spacial score (nSPS) is 19.3. The first-order valence-corrected chi connectivity index (χ1v) is 11.1. The van der Waals surface area contributed by atoms with Crippen LogP contribution in [0.15, 0.2) is 24.8 Å². The van der Waals surface area contributed by atoms with E-state index in [1.54, 1.807) is 17.0 Å². The number of hydrogen-bond donors (Lipinski definition) is 4. The highest BCUT2D eigenvalue weighted by Gasteiger charge is 2.27. The van der Waals surface area contributed by atoms with E-state index in [0.717, 1.165) is 32.2 Å². The SMILES string of the molecule is CCNC(=O)[C@@H]1C=C[C@H](n2cnc3c(NCCCCCCNS(=O)O)ncnc32)O1. The third-order valence-corrected chi connectivity index (χ3v) is 5.05. The molecule has 0 saturated carbocycles. The monoisotopic (exact) mass is 437 g/mol. The number of amides is 1. The lowest BCUT2D eigenvalue weighted by atomic mass is 10.2. The van der Waals surface area contributed by atoms with E-state index in [9.17, 15) is 9.00 Å². The number of nitrogens with zero attached hydrogens (tertiary/aromatic N) is 4. The van der Waals surface area contributed by atoms with Gasteiger partial charge in [-0.1, -0.05) is 12.8 Å². The van der Waals surface area contributed by atoms with E-state index in [1.807, 2.05) is 13.0 Å². The predicted octanol–water partition coefficient (Wildman–Crippen LogP) is 1.11. The van der Waals surface area contributed by atoms with Crippen LogP contribution in [-0.2, 0) is 20.8 Å². The molecule has 2 aromatic heterocycles. The van der Waals surface area contributed by atoms with Gasteiger partial charge in [-0.05, 0) is 31.9 Å². The maximum Gasteiger partial charge on any atom is 0.253 e. The van der Waals surface area contributed by atoms with Crippen LogP contribution >= 0.6 is 0 Å². The second-order valence-electron chi connectivity index (χ2n) is 6.76. The topological polar surface area (TPSA) is 143 Å². The molecule has 3 atom stereocenters. The Kier molecular flexibility index (Phi) is 8.25. The van der Waals surface area contributed by atoms with E-state index in [4.69, 9.17) is 9.29 Å². The zero-order chi connectivity index (χ0) is 21.3. The minimum Gasteiger partial charge on any atom is -0.368 e. The first-order chi connectivity index (χ1) is 14.6. The van der Waals surface area contributed by atoms with Crippen LogP contribution in [0.2, 0.25) is 0 Å². The van der Waals surface area contributed by atoms with Crippen molar-refractivity contribution >= 4 is 34.2 Å². The van der Waals surface area contributed by atoms with Crippen molar-refractivity contribution in [1.29, 1.82) is 0 Å². The van der Waals surface area contributed by atoms with Gasteiger partial charge in [0.15, 0.2) is 29.3 Å². The molecule has 0 aromatic carbocycles. The van der Waals surface area contributed by atoms with Crippen molar-refractivity contribution in [1.82, 2.24) is 29.6 Å². The highest BCUT2D eigenvalue weighted by molar-refractivity contribution is 7.77. The Balaban J connectivity index is 1.51. The van der Waals surface area contributed by atoms with Crippen molar-refractivity contribution in [2.75, 3.05) is 25.0 Å². The number of hydrogen-bond acceptors (Lipinski definition) is 7. The van der Waals surface area contributed by atoms with Gasteiger partial charge in [0.2, 0.25) is 11.3 Å². The second kappa shape index (κ2) is 11.1. The van der Waals surface area contributed by atoms with Gasteiger partial charge in [0.25, 0.3) is 5.91 Å². The van der Waals surface area contributed by atoms with Gasteiger partial charge in [0, 0.05) is 19.6 Å². The molecule has 1 aliphatic rings. The molecule has 12 heteroatoms. The Bertz CT molecular complexity index is 904. The lowest BCUT2D eigenvalue weighted by Crippen LogP contribution is -2.34. The maximum atomic E-state index is 12.0. The molecule has 11 nitrogen and oxygen atoms in total. The fourth-order valence-electron chi connectivity index (χ4n) is 3.16. The quantitative estimate of drug-likeness (QED) is 0.220. The Morgan fingerprint density at radius 3 is 2.77 bits per heavy atom. The van der Waals surface area contributed by atoms with Gasteiger partial charge in [-0.25, -0.2) is 23.9 Å². The summed E-state index contributed by atoms with van der Waals surface area (Å²) in [6.45, 7) is 3.67.